The summed E-state index contributed by atoms with van der Waals surface area (Å²) in [5.74, 6) is -1.75. The van der Waals surface area contributed by atoms with Crippen molar-refractivity contribution in [1.29, 1.82) is 0 Å². The van der Waals surface area contributed by atoms with Crippen molar-refractivity contribution in [2.45, 2.75) is 64.3 Å². The van der Waals surface area contributed by atoms with Crippen LogP contribution < -0.4 is 16.0 Å². The number of aliphatic carboxylic acids is 1. The molecule has 0 aliphatic carbocycles. The van der Waals surface area contributed by atoms with Gasteiger partial charge < -0.3 is 30.5 Å². The monoisotopic (exact) mass is 609 g/mol. The van der Waals surface area contributed by atoms with Gasteiger partial charge in [0.25, 0.3) is 0 Å². The number of hydrogen-bond acceptors (Lipinski definition) is 6. The van der Waals surface area contributed by atoms with E-state index in [9.17, 15) is 24.3 Å². The molecule has 3 atom stereocenters. The number of benzene rings is 1. The Morgan fingerprint density at radius 1 is 1.03 bits per heavy atom. The van der Waals surface area contributed by atoms with Crippen LogP contribution in [-0.2, 0) is 25.7 Å². The zero-order valence-corrected chi connectivity index (χ0v) is 22.7. The highest BCUT2D eigenvalue weighted by Gasteiger charge is 2.27. The second kappa shape index (κ2) is 15.7. The van der Waals surface area contributed by atoms with Crippen LogP contribution >= 0.6 is 28.3 Å². The first-order valence-electron chi connectivity index (χ1n) is 10.8. The van der Waals surface area contributed by atoms with E-state index in [4.69, 9.17) is 9.47 Å². The van der Waals surface area contributed by atoms with Gasteiger partial charge in [0.05, 0.1) is 0 Å². The Kier molecular flexibility index (Phi) is 13.8. The van der Waals surface area contributed by atoms with Gasteiger partial charge in [0.2, 0.25) is 5.91 Å². The van der Waals surface area contributed by atoms with Crippen LogP contribution in [0.3, 0.4) is 0 Å². The Morgan fingerprint density at radius 2 is 1.71 bits per heavy atom. The van der Waals surface area contributed by atoms with Crippen molar-refractivity contribution >= 4 is 52.3 Å². The molecule has 0 fully saturated rings. The highest BCUT2D eigenvalue weighted by Crippen LogP contribution is 2.21. The lowest BCUT2D eigenvalue weighted by atomic mass is 10.1. The zero-order valence-electron chi connectivity index (χ0n) is 19.6. The van der Waals surface area contributed by atoms with E-state index < -0.39 is 41.7 Å². The summed E-state index contributed by atoms with van der Waals surface area (Å²) in [5.41, 5.74) is 0.156. The third-order valence-corrected chi connectivity index (χ3v) is 6.19. The Morgan fingerprint density at radius 3 is 2.29 bits per heavy atom. The number of carbonyl (C=O) groups excluding carboxylic acids is 3. The molecule has 0 aliphatic heterocycles. The number of ether oxygens (including phenoxy) is 2. The average Bonchev–Trinajstić information content (AvgIpc) is 2.75. The molecule has 34 heavy (non-hydrogen) atoms. The number of carboxylic acid groups (broad SMARTS) is 1. The first kappa shape index (κ1) is 29.9. The van der Waals surface area contributed by atoms with E-state index in [1.54, 1.807) is 20.8 Å². The number of nitrogens with one attached hydrogen (secondary N) is 3. The molecule has 0 saturated heterocycles. The van der Waals surface area contributed by atoms with Crippen LogP contribution in [0.2, 0.25) is 0 Å². The van der Waals surface area contributed by atoms with Crippen molar-refractivity contribution in [3.8, 4) is 0 Å². The molecule has 0 aromatic heterocycles. The van der Waals surface area contributed by atoms with Crippen LogP contribution in [0.1, 0.15) is 45.6 Å². The lowest BCUT2D eigenvalue weighted by Crippen LogP contribution is -2.53. The summed E-state index contributed by atoms with van der Waals surface area (Å²) in [5, 5.41) is 17.1. The maximum atomic E-state index is 12.6. The molecule has 4 N–H and O–H groups in total. The predicted molar refractivity (Wildman–Crippen MR) is 138 cm³/mol. The van der Waals surface area contributed by atoms with E-state index >= 15 is 0 Å². The zero-order chi connectivity index (χ0) is 25.6. The minimum Gasteiger partial charge on any atom is -0.480 e. The fourth-order valence-corrected chi connectivity index (χ4v) is 4.47. The quantitative estimate of drug-likeness (QED) is 0.152. The number of amides is 3. The molecule has 10 nitrogen and oxygen atoms in total. The number of halogens is 1. The number of alkyl carbamates (subject to hydrolysis) is 2. The van der Waals surface area contributed by atoms with E-state index in [-0.39, 0.29) is 13.0 Å². The van der Waals surface area contributed by atoms with Crippen molar-refractivity contribution in [3.63, 3.8) is 0 Å². The van der Waals surface area contributed by atoms with Gasteiger partial charge in [0.1, 0.15) is 24.3 Å². The van der Waals surface area contributed by atoms with Crippen LogP contribution in [-0.4, -0.2) is 59.6 Å². The van der Waals surface area contributed by atoms with Gasteiger partial charge in [-0.3, -0.25) is 4.79 Å². The molecule has 0 spiro atoms. The molecule has 0 aliphatic rings. The fraction of sp³-hybridized carbons (Fsp3) is 0.545. The summed E-state index contributed by atoms with van der Waals surface area (Å²) in [6.07, 6.45) is 0.538. The van der Waals surface area contributed by atoms with Crippen LogP contribution in [0.15, 0.2) is 30.3 Å². The first-order chi connectivity index (χ1) is 16.0. The second-order valence-corrected chi connectivity index (χ2v) is 11.4. The van der Waals surface area contributed by atoms with Crippen LogP contribution in [0.25, 0.3) is 0 Å². The minimum atomic E-state index is -1.17. The molecular formula is C22H33IN3O7P. The van der Waals surface area contributed by atoms with Gasteiger partial charge >= 0.3 is 18.2 Å². The molecule has 190 valence electrons. The molecular weight excluding hydrogens is 576 g/mol. The van der Waals surface area contributed by atoms with Gasteiger partial charge in [-0.15, -0.1) is 0 Å². The van der Waals surface area contributed by atoms with E-state index in [0.29, 0.717) is 31.8 Å². The molecule has 1 aromatic carbocycles. The van der Waals surface area contributed by atoms with Gasteiger partial charge in [-0.05, 0) is 45.6 Å². The van der Waals surface area contributed by atoms with Crippen molar-refractivity contribution in [2.75, 3.05) is 12.7 Å². The van der Waals surface area contributed by atoms with E-state index in [1.165, 1.54) is 0 Å². The highest BCUT2D eigenvalue weighted by atomic mass is 127. The van der Waals surface area contributed by atoms with E-state index in [1.807, 2.05) is 30.3 Å². The molecule has 0 radical (unpaired) electrons. The Bertz CT molecular complexity index is 805. The lowest BCUT2D eigenvalue weighted by molar-refractivity contribution is -0.142. The van der Waals surface area contributed by atoms with Gasteiger partial charge in [0, 0.05) is 12.7 Å². The maximum absolute atomic E-state index is 12.6. The normalized spacial score (nSPS) is 13.1. The molecule has 1 aromatic rings. The van der Waals surface area contributed by atoms with Crippen LogP contribution in [0.5, 0.6) is 0 Å². The molecule has 1 rings (SSSR count). The van der Waals surface area contributed by atoms with Gasteiger partial charge in [-0.25, -0.2) is 14.4 Å². The van der Waals surface area contributed by atoms with E-state index in [2.05, 4.69) is 38.0 Å². The summed E-state index contributed by atoms with van der Waals surface area (Å²) >= 11 is 2.10. The first-order valence-corrected chi connectivity index (χ1v) is 15.1. The topological polar surface area (TPSA) is 143 Å². The number of unbranched alkanes of at least 4 members (excludes halogenated alkanes) is 1. The molecule has 0 saturated carbocycles. The number of hydrogen-bond donors (Lipinski definition) is 4. The molecule has 3 amide bonds. The molecule has 1 unspecified atom stereocenters. The molecule has 0 heterocycles. The van der Waals surface area contributed by atoms with Crippen LogP contribution in [0, 0.1) is 0 Å². The minimum absolute atomic E-state index is 0.163. The summed E-state index contributed by atoms with van der Waals surface area (Å²) in [4.78, 5) is 48.0. The third kappa shape index (κ3) is 13.5. The van der Waals surface area contributed by atoms with Gasteiger partial charge in [-0.1, -0.05) is 58.6 Å². The van der Waals surface area contributed by atoms with Crippen LogP contribution in [0.4, 0.5) is 9.59 Å². The van der Waals surface area contributed by atoms with E-state index in [0.717, 1.165) is 5.56 Å². The fourth-order valence-electron chi connectivity index (χ4n) is 2.70. The maximum Gasteiger partial charge on any atom is 0.408 e. The van der Waals surface area contributed by atoms with Crippen molar-refractivity contribution in [2.24, 2.45) is 0 Å². The highest BCUT2D eigenvalue weighted by molar-refractivity contribution is 14.2. The lowest BCUT2D eigenvalue weighted by Gasteiger charge is -2.24. The number of carbonyl (C=O) groups is 4. The SMILES string of the molecule is CC(C)(C)OC(=O)N[C@@H](CPI)C(=O)N[C@H](CCCCNC(=O)OCc1ccccc1)C(=O)O. The Balaban J connectivity index is 2.41. The third-order valence-electron chi connectivity index (χ3n) is 4.30. The standard InChI is InChI=1S/C22H33IN3O7P/c1-22(2,3)33-21(31)26-17(14-34-23)18(27)25-16(19(28)29)11-7-8-12-24-20(30)32-13-15-9-5-4-6-10-15/h4-6,9-10,16-17,34H,7-8,11-14H2,1-3H3,(H,24,30)(H,25,27)(H,26,31)(H,28,29)/t16-,17+/m1/s1. The molecule has 0 bridgehead atoms. The second-order valence-electron chi connectivity index (χ2n) is 8.42. The Hall–Kier alpha value is -2.14. The average molecular weight is 609 g/mol. The summed E-state index contributed by atoms with van der Waals surface area (Å²) in [6, 6.07) is 7.27. The van der Waals surface area contributed by atoms with Crippen molar-refractivity contribution in [1.82, 2.24) is 16.0 Å². The summed E-state index contributed by atoms with van der Waals surface area (Å²) in [6.45, 7) is 5.60. The molecule has 12 heteroatoms. The van der Waals surface area contributed by atoms with Gasteiger partial charge in [0.15, 0.2) is 0 Å². The van der Waals surface area contributed by atoms with Crippen molar-refractivity contribution < 1.29 is 33.8 Å². The number of rotatable bonds is 13. The summed E-state index contributed by atoms with van der Waals surface area (Å²) < 4.78 is 10.3. The summed E-state index contributed by atoms with van der Waals surface area (Å²) in [7, 11) is 0. The van der Waals surface area contributed by atoms with Gasteiger partial charge in [-0.2, -0.15) is 0 Å². The van der Waals surface area contributed by atoms with Crippen molar-refractivity contribution in [3.05, 3.63) is 35.9 Å². The predicted octanol–water partition coefficient (Wildman–Crippen LogP) is 3.57. The Labute approximate surface area is 214 Å². The smallest absolute Gasteiger partial charge is 0.408 e. The largest absolute Gasteiger partial charge is 0.480 e. The number of carboxylic acids is 1.